The molecule has 4 heterocycles. The average molecular weight is 499 g/mol. The van der Waals surface area contributed by atoms with E-state index in [2.05, 4.69) is 41.0 Å². The van der Waals surface area contributed by atoms with Gasteiger partial charge < -0.3 is 33.3 Å². The molecule has 4 atom stereocenters. The molecule has 0 amide bonds. The smallest absolute Gasteiger partial charge is 0.143 e. The maximum Gasteiger partial charge on any atom is 0.143 e. The SMILES string of the molecule is CCCP(=O)(c1cccc(N(CC2CO2)CC2CO2)c1)c1cccc(N(CC2CO2)CC2CO2)c1. The number of epoxide rings is 4. The highest BCUT2D eigenvalue weighted by atomic mass is 31.2. The molecule has 6 rings (SSSR count). The lowest BCUT2D eigenvalue weighted by molar-refractivity contribution is 0.388. The lowest BCUT2D eigenvalue weighted by Gasteiger charge is -2.27. The Hall–Kier alpha value is -1.89. The number of nitrogens with zero attached hydrogens (tertiary/aromatic N) is 2. The molecule has 8 heteroatoms. The molecule has 0 bridgehead atoms. The Morgan fingerprint density at radius 2 is 1.09 bits per heavy atom. The fourth-order valence-electron chi connectivity index (χ4n) is 4.80. The zero-order chi connectivity index (χ0) is 23.8. The zero-order valence-electron chi connectivity index (χ0n) is 20.4. The van der Waals surface area contributed by atoms with Gasteiger partial charge in [0.15, 0.2) is 0 Å². The van der Waals surface area contributed by atoms with Gasteiger partial charge in [-0.1, -0.05) is 31.2 Å². The van der Waals surface area contributed by atoms with E-state index in [4.69, 9.17) is 18.9 Å². The van der Waals surface area contributed by atoms with Crippen molar-refractivity contribution in [2.24, 2.45) is 0 Å². The summed E-state index contributed by atoms with van der Waals surface area (Å²) in [6, 6.07) is 16.7. The van der Waals surface area contributed by atoms with E-state index in [1.807, 2.05) is 24.3 Å². The Kier molecular flexibility index (Phi) is 6.63. The Bertz CT molecular complexity index is 973. The van der Waals surface area contributed by atoms with Gasteiger partial charge >= 0.3 is 0 Å². The Morgan fingerprint density at radius 3 is 1.40 bits per heavy atom. The minimum Gasteiger partial charge on any atom is -0.371 e. The van der Waals surface area contributed by atoms with Gasteiger partial charge in [0.25, 0.3) is 0 Å². The van der Waals surface area contributed by atoms with Crippen LogP contribution in [0.3, 0.4) is 0 Å². The van der Waals surface area contributed by atoms with Crippen LogP contribution in [-0.4, -0.2) is 83.2 Å². The van der Waals surface area contributed by atoms with E-state index in [0.29, 0.717) is 6.16 Å². The standard InChI is InChI=1S/C27H35N2O5P/c1-2-9-35(30,26-7-3-5-20(10-26)28(12-22-16-31-22)13-23-17-32-23)27-8-4-6-21(11-27)29(14-24-18-33-24)15-25-19-34-25/h3-8,10-11,22-25H,2,9,12-19H2,1H3. The summed E-state index contributed by atoms with van der Waals surface area (Å²) in [7, 11) is -2.81. The van der Waals surface area contributed by atoms with Crippen LogP contribution in [0.25, 0.3) is 0 Å². The summed E-state index contributed by atoms with van der Waals surface area (Å²) in [6.07, 6.45) is 2.65. The summed E-state index contributed by atoms with van der Waals surface area (Å²) in [6.45, 7) is 8.76. The molecule has 4 fully saturated rings. The summed E-state index contributed by atoms with van der Waals surface area (Å²) in [5, 5.41) is 1.85. The van der Waals surface area contributed by atoms with Gasteiger partial charge in [0.05, 0.1) is 50.8 Å². The van der Waals surface area contributed by atoms with Gasteiger partial charge in [0, 0.05) is 54.3 Å². The molecule has 4 unspecified atom stereocenters. The second-order valence-electron chi connectivity index (χ2n) is 10.1. The first kappa shape index (κ1) is 23.5. The van der Waals surface area contributed by atoms with Crippen LogP contribution in [0.1, 0.15) is 13.3 Å². The van der Waals surface area contributed by atoms with E-state index in [-0.39, 0.29) is 24.4 Å². The van der Waals surface area contributed by atoms with Gasteiger partial charge in [-0.05, 0) is 30.7 Å². The third-order valence-corrected chi connectivity index (χ3v) is 10.4. The van der Waals surface area contributed by atoms with Crippen LogP contribution in [0.5, 0.6) is 0 Å². The average Bonchev–Trinajstić information content (AvgIpc) is 3.71. The first-order valence-corrected chi connectivity index (χ1v) is 14.8. The molecule has 4 saturated heterocycles. The van der Waals surface area contributed by atoms with Crippen molar-refractivity contribution in [2.75, 3.05) is 68.6 Å². The Morgan fingerprint density at radius 1 is 0.714 bits per heavy atom. The fourth-order valence-corrected chi connectivity index (χ4v) is 7.58. The molecular formula is C27H35N2O5P. The van der Waals surface area contributed by atoms with Crippen molar-refractivity contribution in [1.82, 2.24) is 0 Å². The highest BCUT2D eigenvalue weighted by molar-refractivity contribution is 7.78. The molecule has 4 aliphatic rings. The van der Waals surface area contributed by atoms with E-state index < -0.39 is 7.14 Å². The van der Waals surface area contributed by atoms with Crippen LogP contribution in [0.2, 0.25) is 0 Å². The minimum atomic E-state index is -2.81. The predicted molar refractivity (Wildman–Crippen MR) is 138 cm³/mol. The monoisotopic (exact) mass is 498 g/mol. The predicted octanol–water partition coefficient (Wildman–Crippen LogP) is 2.62. The third kappa shape index (κ3) is 5.92. The quantitative estimate of drug-likeness (QED) is 0.293. The number of rotatable bonds is 14. The normalized spacial score (nSPS) is 27.7. The van der Waals surface area contributed by atoms with Crippen molar-refractivity contribution < 1.29 is 23.5 Å². The molecule has 0 aliphatic carbocycles. The molecule has 35 heavy (non-hydrogen) atoms. The van der Waals surface area contributed by atoms with Gasteiger partial charge in [-0.25, -0.2) is 0 Å². The van der Waals surface area contributed by atoms with E-state index >= 15 is 0 Å². The summed E-state index contributed by atoms with van der Waals surface area (Å²) in [4.78, 5) is 4.66. The van der Waals surface area contributed by atoms with Crippen molar-refractivity contribution in [2.45, 2.75) is 37.8 Å². The van der Waals surface area contributed by atoms with Crippen molar-refractivity contribution in [3.8, 4) is 0 Å². The molecule has 0 radical (unpaired) electrons. The molecule has 0 N–H and O–H groups in total. The van der Waals surface area contributed by atoms with Crippen LogP contribution in [0.4, 0.5) is 11.4 Å². The first-order valence-electron chi connectivity index (χ1n) is 12.9. The Labute approximate surface area is 207 Å². The number of benzene rings is 2. The van der Waals surface area contributed by atoms with E-state index in [9.17, 15) is 4.57 Å². The van der Waals surface area contributed by atoms with Crippen molar-refractivity contribution >= 4 is 29.1 Å². The van der Waals surface area contributed by atoms with E-state index in [0.717, 1.165) is 81.0 Å². The number of ether oxygens (including phenoxy) is 4. The van der Waals surface area contributed by atoms with Gasteiger partial charge in [-0.15, -0.1) is 0 Å². The lowest BCUT2D eigenvalue weighted by atomic mass is 10.2. The van der Waals surface area contributed by atoms with Gasteiger partial charge in [-0.3, -0.25) is 0 Å². The topological polar surface area (TPSA) is 73.7 Å². The van der Waals surface area contributed by atoms with Crippen molar-refractivity contribution in [3.63, 3.8) is 0 Å². The molecule has 0 spiro atoms. The fraction of sp³-hybridized carbons (Fsp3) is 0.556. The summed E-state index contributed by atoms with van der Waals surface area (Å²) in [5.41, 5.74) is 2.19. The van der Waals surface area contributed by atoms with Crippen molar-refractivity contribution in [1.29, 1.82) is 0 Å². The van der Waals surface area contributed by atoms with Crippen LogP contribution >= 0.6 is 7.14 Å². The number of anilines is 2. The third-order valence-electron chi connectivity index (χ3n) is 7.07. The van der Waals surface area contributed by atoms with Crippen LogP contribution in [0.15, 0.2) is 48.5 Å². The minimum absolute atomic E-state index is 0.286. The maximum absolute atomic E-state index is 14.8. The highest BCUT2D eigenvalue weighted by Crippen LogP contribution is 2.45. The molecular weight excluding hydrogens is 463 g/mol. The summed E-state index contributed by atoms with van der Waals surface area (Å²) in [5.74, 6) is 0. The largest absolute Gasteiger partial charge is 0.371 e. The molecule has 4 aliphatic heterocycles. The van der Waals surface area contributed by atoms with Gasteiger partial charge in [0.1, 0.15) is 7.14 Å². The lowest BCUT2D eigenvalue weighted by Crippen LogP contribution is -2.33. The summed E-state index contributed by atoms with van der Waals surface area (Å²) < 4.78 is 36.8. The van der Waals surface area contributed by atoms with Gasteiger partial charge in [-0.2, -0.15) is 0 Å². The van der Waals surface area contributed by atoms with E-state index in [1.54, 1.807) is 0 Å². The second-order valence-corrected chi connectivity index (χ2v) is 13.1. The Balaban J connectivity index is 1.30. The van der Waals surface area contributed by atoms with Crippen LogP contribution in [-0.2, 0) is 23.5 Å². The number of hydrogen-bond donors (Lipinski definition) is 0. The second kappa shape index (κ2) is 9.87. The maximum atomic E-state index is 14.8. The molecule has 188 valence electrons. The van der Waals surface area contributed by atoms with Gasteiger partial charge in [0.2, 0.25) is 0 Å². The zero-order valence-corrected chi connectivity index (χ0v) is 21.3. The highest BCUT2D eigenvalue weighted by Gasteiger charge is 2.34. The first-order chi connectivity index (χ1) is 17.1. The van der Waals surface area contributed by atoms with Crippen LogP contribution < -0.4 is 20.4 Å². The molecule has 0 saturated carbocycles. The molecule has 7 nitrogen and oxygen atoms in total. The summed E-state index contributed by atoms with van der Waals surface area (Å²) >= 11 is 0. The molecule has 2 aromatic rings. The molecule has 2 aromatic carbocycles. The van der Waals surface area contributed by atoms with Crippen molar-refractivity contribution in [3.05, 3.63) is 48.5 Å². The van der Waals surface area contributed by atoms with Crippen LogP contribution in [0, 0.1) is 0 Å². The number of hydrogen-bond acceptors (Lipinski definition) is 7. The molecule has 0 aromatic heterocycles. The van der Waals surface area contributed by atoms with E-state index in [1.165, 1.54) is 0 Å².